The highest BCUT2D eigenvalue weighted by Gasteiger charge is 2.41. The van der Waals surface area contributed by atoms with Gasteiger partial charge in [0.05, 0.1) is 28.7 Å². The molecule has 0 N–H and O–H groups in total. The quantitative estimate of drug-likeness (QED) is 0.200. The van der Waals surface area contributed by atoms with E-state index in [9.17, 15) is 19.7 Å². The average molecular weight is 519 g/mol. The minimum atomic E-state index is -0.752. The minimum Gasteiger partial charge on any atom is -0.458 e. The largest absolute Gasteiger partial charge is 0.458 e. The molecule has 37 heavy (non-hydrogen) atoms. The Bertz CT molecular complexity index is 1340. The van der Waals surface area contributed by atoms with Crippen LogP contribution in [0.5, 0.6) is 0 Å². The minimum absolute atomic E-state index is 0.00799. The number of carbonyl (C=O) groups is 2. The normalized spacial score (nSPS) is 16.5. The molecular weight excluding hydrogens is 492 g/mol. The van der Waals surface area contributed by atoms with Crippen molar-refractivity contribution < 1.29 is 19.2 Å². The lowest BCUT2D eigenvalue weighted by Crippen LogP contribution is -2.38. The number of nitro benzene ring substituents is 1. The summed E-state index contributed by atoms with van der Waals surface area (Å²) < 4.78 is 5.35. The summed E-state index contributed by atoms with van der Waals surface area (Å²) in [7, 11) is 1.74. The summed E-state index contributed by atoms with van der Waals surface area (Å²) in [5.74, 6) is -0.711. The van der Waals surface area contributed by atoms with Gasteiger partial charge in [0, 0.05) is 31.4 Å². The highest BCUT2D eigenvalue weighted by atomic mass is 32.2. The lowest BCUT2D eigenvalue weighted by atomic mass is 9.93. The molecule has 0 saturated heterocycles. The van der Waals surface area contributed by atoms with Gasteiger partial charge in [0.15, 0.2) is 5.17 Å². The standard InChI is InChI=1S/C27H26N4O5S/c1-4-13-36-26(33)24-18(2)28-27-30(25(24)20-11-8-12-21(14-20)31(34)35)22(17-37-27)15-23(32)29(3)16-19-9-6-5-7-10-19/h4-12,14,17,25H,1,13,15-16H2,2-3H3. The number of nitrogens with zero attached hydrogens (tertiary/aromatic N) is 4. The maximum atomic E-state index is 13.2. The van der Waals surface area contributed by atoms with Crippen molar-refractivity contribution in [3.8, 4) is 0 Å². The van der Waals surface area contributed by atoms with Crippen molar-refractivity contribution in [3.63, 3.8) is 0 Å². The van der Waals surface area contributed by atoms with Crippen LogP contribution in [0.3, 0.4) is 0 Å². The summed E-state index contributed by atoms with van der Waals surface area (Å²) in [4.78, 5) is 45.4. The van der Waals surface area contributed by atoms with Crippen molar-refractivity contribution in [1.82, 2.24) is 9.80 Å². The van der Waals surface area contributed by atoms with E-state index in [1.807, 2.05) is 35.7 Å². The Balaban J connectivity index is 1.67. The van der Waals surface area contributed by atoms with Crippen LogP contribution in [0.1, 0.15) is 30.5 Å². The molecule has 2 heterocycles. The summed E-state index contributed by atoms with van der Waals surface area (Å²) in [5.41, 5.74) is 2.77. The molecule has 0 fully saturated rings. The van der Waals surface area contributed by atoms with Crippen LogP contribution in [0, 0.1) is 10.1 Å². The van der Waals surface area contributed by atoms with E-state index >= 15 is 0 Å². The summed E-state index contributed by atoms with van der Waals surface area (Å²) in [6.07, 6.45) is 1.53. The fourth-order valence-electron chi connectivity index (χ4n) is 4.20. The monoisotopic (exact) mass is 518 g/mol. The molecule has 2 aliphatic rings. The van der Waals surface area contributed by atoms with Gasteiger partial charge in [0.1, 0.15) is 6.61 Å². The van der Waals surface area contributed by atoms with Crippen LogP contribution in [0.15, 0.2) is 94.6 Å². The molecule has 190 valence electrons. The van der Waals surface area contributed by atoms with Crippen molar-refractivity contribution in [2.24, 2.45) is 4.99 Å². The zero-order valence-electron chi connectivity index (χ0n) is 20.5. The van der Waals surface area contributed by atoms with Gasteiger partial charge >= 0.3 is 5.97 Å². The first kappa shape index (κ1) is 25.9. The van der Waals surface area contributed by atoms with E-state index in [2.05, 4.69) is 11.6 Å². The molecular formula is C27H26N4O5S. The number of ether oxygens (including phenoxy) is 1. The van der Waals surface area contributed by atoms with Crippen molar-refractivity contribution >= 4 is 34.5 Å². The van der Waals surface area contributed by atoms with E-state index in [1.165, 1.54) is 30.0 Å². The van der Waals surface area contributed by atoms with E-state index in [0.717, 1.165) is 5.56 Å². The Morgan fingerprint density at radius 3 is 2.70 bits per heavy atom. The van der Waals surface area contributed by atoms with Crippen LogP contribution < -0.4 is 0 Å². The topological polar surface area (TPSA) is 105 Å². The number of hydrogen-bond donors (Lipinski definition) is 0. The molecule has 2 aromatic carbocycles. The maximum Gasteiger partial charge on any atom is 0.338 e. The summed E-state index contributed by atoms with van der Waals surface area (Å²) in [6.45, 7) is 5.75. The molecule has 2 aliphatic heterocycles. The molecule has 0 spiro atoms. The third-order valence-electron chi connectivity index (χ3n) is 5.97. The number of benzene rings is 2. The van der Waals surface area contributed by atoms with Crippen LogP contribution in [0.4, 0.5) is 5.69 Å². The van der Waals surface area contributed by atoms with Crippen molar-refractivity contribution in [2.45, 2.75) is 25.9 Å². The second-order valence-corrected chi connectivity index (χ2v) is 9.38. The number of thioether (sulfide) groups is 1. The van der Waals surface area contributed by atoms with Crippen molar-refractivity contribution in [2.75, 3.05) is 13.7 Å². The number of amidine groups is 1. The second-order valence-electron chi connectivity index (χ2n) is 8.54. The van der Waals surface area contributed by atoms with Gasteiger partial charge < -0.3 is 14.5 Å². The van der Waals surface area contributed by atoms with Crippen LogP contribution in [0.25, 0.3) is 0 Å². The van der Waals surface area contributed by atoms with E-state index < -0.39 is 16.9 Å². The van der Waals surface area contributed by atoms with Crippen LogP contribution in [-0.4, -0.2) is 45.4 Å². The average Bonchev–Trinajstić information content (AvgIpc) is 3.28. The molecule has 10 heteroatoms. The van der Waals surface area contributed by atoms with Gasteiger partial charge in [-0.3, -0.25) is 14.9 Å². The van der Waals surface area contributed by atoms with Gasteiger partial charge in [-0.25, -0.2) is 9.79 Å². The Hall–Kier alpha value is -4.18. The fraction of sp³-hybridized carbons (Fsp3) is 0.222. The van der Waals surface area contributed by atoms with Gasteiger partial charge in [-0.15, -0.1) is 0 Å². The molecule has 0 aliphatic carbocycles. The van der Waals surface area contributed by atoms with Crippen molar-refractivity contribution in [1.29, 1.82) is 0 Å². The first-order valence-corrected chi connectivity index (χ1v) is 12.4. The van der Waals surface area contributed by atoms with Gasteiger partial charge in [-0.1, -0.05) is 66.9 Å². The lowest BCUT2D eigenvalue weighted by molar-refractivity contribution is -0.384. The Labute approximate surface area is 219 Å². The molecule has 9 nitrogen and oxygen atoms in total. The first-order valence-electron chi connectivity index (χ1n) is 11.5. The second kappa shape index (κ2) is 11.3. The summed E-state index contributed by atoms with van der Waals surface area (Å²) >= 11 is 1.34. The van der Waals surface area contributed by atoms with E-state index in [4.69, 9.17) is 4.74 Å². The molecule has 2 aromatic rings. The number of carbonyl (C=O) groups excluding carboxylic acids is 2. The van der Waals surface area contributed by atoms with Crippen LogP contribution in [0.2, 0.25) is 0 Å². The predicted molar refractivity (Wildman–Crippen MR) is 142 cm³/mol. The number of aliphatic imine (C=N–C) groups is 1. The van der Waals surface area contributed by atoms with Crippen molar-refractivity contribution in [3.05, 3.63) is 111 Å². The lowest BCUT2D eigenvalue weighted by Gasteiger charge is -2.36. The molecule has 0 bridgehead atoms. The molecule has 0 saturated carbocycles. The van der Waals surface area contributed by atoms with Gasteiger partial charge in [-0.05, 0) is 23.5 Å². The zero-order valence-corrected chi connectivity index (χ0v) is 21.3. The van der Waals surface area contributed by atoms with Gasteiger partial charge in [0.2, 0.25) is 5.91 Å². The maximum absolute atomic E-state index is 13.2. The van der Waals surface area contributed by atoms with Gasteiger partial charge in [0.25, 0.3) is 5.69 Å². The highest BCUT2D eigenvalue weighted by Crippen LogP contribution is 2.45. The number of nitro groups is 1. The third-order valence-corrected chi connectivity index (χ3v) is 6.86. The van der Waals surface area contributed by atoms with Crippen LogP contribution >= 0.6 is 11.8 Å². The smallest absolute Gasteiger partial charge is 0.338 e. The van der Waals surface area contributed by atoms with E-state index in [1.54, 1.807) is 35.9 Å². The molecule has 1 amide bonds. The number of rotatable bonds is 9. The molecule has 1 atom stereocenters. The van der Waals surface area contributed by atoms with Crippen LogP contribution in [-0.2, 0) is 20.9 Å². The third kappa shape index (κ3) is 5.64. The highest BCUT2D eigenvalue weighted by molar-refractivity contribution is 8.16. The fourth-order valence-corrected chi connectivity index (χ4v) is 5.17. The van der Waals surface area contributed by atoms with E-state index in [0.29, 0.717) is 28.7 Å². The Kier molecular flexibility index (Phi) is 7.88. The molecule has 0 aromatic heterocycles. The zero-order chi connectivity index (χ0) is 26.5. The summed E-state index contributed by atoms with van der Waals surface area (Å²) in [6, 6.07) is 15.1. The Morgan fingerprint density at radius 2 is 2.00 bits per heavy atom. The molecule has 1 unspecified atom stereocenters. The SMILES string of the molecule is C=CCOC(=O)C1=C(C)N=C2SC=C(CC(=O)N(C)Cc3ccccc3)N2C1c1cccc([N+](=O)[O-])c1. The number of fused-ring (bicyclic) bond motifs is 1. The molecule has 0 radical (unpaired) electrons. The number of allylic oxidation sites excluding steroid dienone is 1. The number of esters is 1. The number of amides is 1. The number of hydrogen-bond acceptors (Lipinski definition) is 8. The van der Waals surface area contributed by atoms with Gasteiger partial charge in [-0.2, -0.15) is 0 Å². The number of non-ortho nitro benzene ring substituents is 1. The summed E-state index contributed by atoms with van der Waals surface area (Å²) in [5, 5.41) is 13.9. The predicted octanol–water partition coefficient (Wildman–Crippen LogP) is 4.95. The Morgan fingerprint density at radius 1 is 1.24 bits per heavy atom. The first-order chi connectivity index (χ1) is 17.8. The molecule has 4 rings (SSSR count). The van der Waals surface area contributed by atoms with E-state index in [-0.39, 0.29) is 30.2 Å².